The summed E-state index contributed by atoms with van der Waals surface area (Å²) in [5.74, 6) is 2.17. The molecular formula is C20H20N2O4. The van der Waals surface area contributed by atoms with E-state index in [1.165, 1.54) is 0 Å². The van der Waals surface area contributed by atoms with Crippen LogP contribution in [0.15, 0.2) is 47.1 Å². The third-order valence-electron chi connectivity index (χ3n) is 4.10. The Morgan fingerprint density at radius 1 is 0.962 bits per heavy atom. The number of aliphatic imine (C=N–C) groups is 1. The fourth-order valence-electron chi connectivity index (χ4n) is 2.77. The minimum Gasteiger partial charge on any atom is -0.496 e. The first-order chi connectivity index (χ1) is 12.6. The summed E-state index contributed by atoms with van der Waals surface area (Å²) in [5.41, 5.74) is 2.67. The predicted molar refractivity (Wildman–Crippen MR) is 99.9 cm³/mol. The number of methoxy groups -OCH3 is 3. The Hall–Kier alpha value is -3.28. The molecule has 2 aromatic rings. The molecule has 1 aliphatic rings. The zero-order chi connectivity index (χ0) is 18.7. The van der Waals surface area contributed by atoms with E-state index in [-0.39, 0.29) is 11.6 Å². The van der Waals surface area contributed by atoms with E-state index < -0.39 is 0 Å². The lowest BCUT2D eigenvalue weighted by Gasteiger charge is -2.10. The molecule has 134 valence electrons. The molecule has 0 aliphatic carbocycles. The zero-order valence-corrected chi connectivity index (χ0v) is 15.1. The van der Waals surface area contributed by atoms with Crippen LogP contribution in [0.25, 0.3) is 6.08 Å². The summed E-state index contributed by atoms with van der Waals surface area (Å²) in [6, 6.07) is 11.1. The van der Waals surface area contributed by atoms with Crippen LogP contribution in [0, 0.1) is 6.92 Å². The highest BCUT2D eigenvalue weighted by molar-refractivity contribution is 6.20. The summed E-state index contributed by atoms with van der Waals surface area (Å²) < 4.78 is 16.1. The summed E-state index contributed by atoms with van der Waals surface area (Å²) >= 11 is 0. The maximum absolute atomic E-state index is 12.4. The highest BCUT2D eigenvalue weighted by atomic mass is 16.5. The first-order valence-electron chi connectivity index (χ1n) is 8.05. The number of nitrogens with zero attached hydrogens (tertiary/aromatic N) is 1. The van der Waals surface area contributed by atoms with E-state index in [0.29, 0.717) is 28.6 Å². The number of carbonyl (C=O) groups is 1. The van der Waals surface area contributed by atoms with E-state index in [9.17, 15) is 4.79 Å². The molecule has 1 N–H and O–H groups in total. The number of hydrogen-bond acceptors (Lipinski definition) is 5. The van der Waals surface area contributed by atoms with Crippen LogP contribution in [-0.4, -0.2) is 33.1 Å². The van der Waals surface area contributed by atoms with Crippen molar-refractivity contribution in [1.29, 1.82) is 0 Å². The second-order valence-corrected chi connectivity index (χ2v) is 5.71. The molecule has 0 unspecified atom stereocenters. The van der Waals surface area contributed by atoms with Crippen LogP contribution in [0.1, 0.15) is 16.7 Å². The van der Waals surface area contributed by atoms with Crippen molar-refractivity contribution >= 4 is 17.8 Å². The quantitative estimate of drug-likeness (QED) is 0.840. The molecule has 0 atom stereocenters. The molecule has 1 amide bonds. The van der Waals surface area contributed by atoms with Gasteiger partial charge in [0.2, 0.25) is 0 Å². The number of benzene rings is 2. The average molecular weight is 352 g/mol. The summed E-state index contributed by atoms with van der Waals surface area (Å²) in [7, 11) is 4.77. The summed E-state index contributed by atoms with van der Waals surface area (Å²) in [4.78, 5) is 16.8. The van der Waals surface area contributed by atoms with E-state index in [1.54, 1.807) is 27.4 Å². The molecule has 2 aromatic carbocycles. The smallest absolute Gasteiger partial charge is 0.275 e. The number of aryl methyl sites for hydroxylation is 1. The Labute approximate surface area is 152 Å². The maximum atomic E-state index is 12.4. The summed E-state index contributed by atoms with van der Waals surface area (Å²) in [6.45, 7) is 1.93. The Morgan fingerprint density at radius 2 is 1.65 bits per heavy atom. The second kappa shape index (κ2) is 7.31. The van der Waals surface area contributed by atoms with Gasteiger partial charge in [0, 0.05) is 5.56 Å². The van der Waals surface area contributed by atoms with Crippen molar-refractivity contribution < 1.29 is 19.0 Å². The van der Waals surface area contributed by atoms with Crippen molar-refractivity contribution in [2.75, 3.05) is 21.3 Å². The Morgan fingerprint density at radius 3 is 2.35 bits per heavy atom. The minimum atomic E-state index is -0.285. The Bertz CT molecular complexity index is 916. The van der Waals surface area contributed by atoms with Gasteiger partial charge in [0.05, 0.1) is 26.9 Å². The van der Waals surface area contributed by atoms with E-state index in [1.807, 2.05) is 43.3 Å². The standard InChI is InChI=1S/C20H20N2O4/c1-12-9-18(26-4)13(11-17(12)25-3)10-15-20(23)22-19(21-15)14-7-5-6-8-16(14)24-2/h5-11H,1-4H3,(H,21,22,23)/b15-10+. The van der Waals surface area contributed by atoms with Gasteiger partial charge in [0.15, 0.2) is 0 Å². The minimum absolute atomic E-state index is 0.285. The lowest BCUT2D eigenvalue weighted by atomic mass is 10.1. The van der Waals surface area contributed by atoms with Gasteiger partial charge in [-0.2, -0.15) is 0 Å². The van der Waals surface area contributed by atoms with Gasteiger partial charge in [-0.3, -0.25) is 4.79 Å². The van der Waals surface area contributed by atoms with Gasteiger partial charge >= 0.3 is 0 Å². The van der Waals surface area contributed by atoms with E-state index in [4.69, 9.17) is 14.2 Å². The molecule has 26 heavy (non-hydrogen) atoms. The van der Waals surface area contributed by atoms with Crippen molar-refractivity contribution in [3.05, 3.63) is 58.8 Å². The fraction of sp³-hybridized carbons (Fsp3) is 0.200. The molecule has 3 rings (SSSR count). The molecule has 1 aliphatic heterocycles. The largest absolute Gasteiger partial charge is 0.496 e. The van der Waals surface area contributed by atoms with E-state index in [0.717, 1.165) is 11.1 Å². The Balaban J connectivity index is 2.04. The van der Waals surface area contributed by atoms with E-state index in [2.05, 4.69) is 10.3 Å². The van der Waals surface area contributed by atoms with E-state index >= 15 is 0 Å². The van der Waals surface area contributed by atoms with Crippen LogP contribution in [0.5, 0.6) is 17.2 Å². The van der Waals surface area contributed by atoms with Crippen LogP contribution in [-0.2, 0) is 4.79 Å². The fourth-order valence-corrected chi connectivity index (χ4v) is 2.77. The third-order valence-corrected chi connectivity index (χ3v) is 4.10. The molecule has 0 radical (unpaired) electrons. The third kappa shape index (κ3) is 3.26. The number of amides is 1. The van der Waals surface area contributed by atoms with Crippen molar-refractivity contribution in [3.63, 3.8) is 0 Å². The van der Waals surface area contributed by atoms with Gasteiger partial charge in [-0.1, -0.05) is 12.1 Å². The molecule has 0 spiro atoms. The Kier molecular flexibility index (Phi) is 4.93. The molecular weight excluding hydrogens is 332 g/mol. The molecule has 0 aromatic heterocycles. The lowest BCUT2D eigenvalue weighted by molar-refractivity contribution is -0.115. The van der Waals surface area contributed by atoms with Crippen molar-refractivity contribution in [1.82, 2.24) is 5.32 Å². The normalized spacial score (nSPS) is 14.8. The summed E-state index contributed by atoms with van der Waals surface area (Å²) in [6.07, 6.45) is 1.68. The van der Waals surface area contributed by atoms with Crippen molar-refractivity contribution in [2.24, 2.45) is 4.99 Å². The first-order valence-corrected chi connectivity index (χ1v) is 8.05. The topological polar surface area (TPSA) is 69.2 Å². The maximum Gasteiger partial charge on any atom is 0.275 e. The number of ether oxygens (including phenoxy) is 3. The molecule has 1 heterocycles. The predicted octanol–water partition coefficient (Wildman–Crippen LogP) is 2.94. The molecule has 6 heteroatoms. The van der Waals surface area contributed by atoms with Gasteiger partial charge in [0.25, 0.3) is 5.91 Å². The molecule has 6 nitrogen and oxygen atoms in total. The van der Waals surface area contributed by atoms with Gasteiger partial charge in [-0.15, -0.1) is 0 Å². The molecule has 0 fully saturated rings. The van der Waals surface area contributed by atoms with Crippen LogP contribution in [0.4, 0.5) is 0 Å². The highest BCUT2D eigenvalue weighted by Crippen LogP contribution is 2.31. The molecule has 0 bridgehead atoms. The number of nitrogens with one attached hydrogen (secondary N) is 1. The number of carbonyl (C=O) groups excluding carboxylic acids is 1. The first kappa shape index (κ1) is 17.5. The van der Waals surface area contributed by atoms with Gasteiger partial charge < -0.3 is 19.5 Å². The lowest BCUT2D eigenvalue weighted by Crippen LogP contribution is -2.25. The number of rotatable bonds is 5. The second-order valence-electron chi connectivity index (χ2n) is 5.71. The average Bonchev–Trinajstić information content (AvgIpc) is 3.03. The van der Waals surface area contributed by atoms with Crippen LogP contribution in [0.3, 0.4) is 0 Å². The van der Waals surface area contributed by atoms with Gasteiger partial charge in [0.1, 0.15) is 28.8 Å². The zero-order valence-electron chi connectivity index (χ0n) is 15.1. The van der Waals surface area contributed by atoms with Crippen molar-refractivity contribution in [2.45, 2.75) is 6.92 Å². The van der Waals surface area contributed by atoms with Gasteiger partial charge in [-0.05, 0) is 42.8 Å². The van der Waals surface area contributed by atoms with Crippen LogP contribution in [0.2, 0.25) is 0 Å². The molecule has 0 saturated heterocycles. The van der Waals surface area contributed by atoms with Crippen LogP contribution >= 0.6 is 0 Å². The summed E-state index contributed by atoms with van der Waals surface area (Å²) in [5, 5.41) is 2.78. The molecule has 0 saturated carbocycles. The number of hydrogen-bond donors (Lipinski definition) is 1. The highest BCUT2D eigenvalue weighted by Gasteiger charge is 2.23. The number of amidine groups is 1. The van der Waals surface area contributed by atoms with Gasteiger partial charge in [-0.25, -0.2) is 4.99 Å². The van der Waals surface area contributed by atoms with Crippen LogP contribution < -0.4 is 19.5 Å². The SMILES string of the molecule is COc1cc(/C=C2/N=C(c3ccccc3OC)NC2=O)c(OC)cc1C. The number of para-hydroxylation sites is 1. The van der Waals surface area contributed by atoms with Crippen molar-refractivity contribution in [3.8, 4) is 17.2 Å². The monoisotopic (exact) mass is 352 g/mol.